The lowest BCUT2D eigenvalue weighted by molar-refractivity contribution is -0.133. The predicted molar refractivity (Wildman–Crippen MR) is 66.0 cm³/mol. The van der Waals surface area contributed by atoms with Gasteiger partial charge in [0.15, 0.2) is 12.4 Å². The Kier molecular flexibility index (Phi) is 4.54. The van der Waals surface area contributed by atoms with Crippen molar-refractivity contribution in [1.29, 1.82) is 0 Å². The minimum Gasteiger partial charge on any atom is -0.480 e. The molecule has 96 valence electrons. The molecular formula is C12H21N3O2. The number of hydrogen-bond acceptors (Lipinski definition) is 3. The maximum Gasteiger partial charge on any atom is 0.260 e. The number of aromatic nitrogens is 2. The van der Waals surface area contributed by atoms with Gasteiger partial charge >= 0.3 is 0 Å². The molecule has 0 fully saturated rings. The second-order valence-corrected chi connectivity index (χ2v) is 4.64. The molecule has 0 N–H and O–H groups in total. The Labute approximate surface area is 102 Å². The second-order valence-electron chi connectivity index (χ2n) is 4.64. The molecule has 0 radical (unpaired) electrons. The molecule has 0 aromatic carbocycles. The lowest BCUT2D eigenvalue weighted by atomic mass is 10.3. The largest absolute Gasteiger partial charge is 0.480 e. The van der Waals surface area contributed by atoms with Crippen molar-refractivity contribution in [3.63, 3.8) is 0 Å². The van der Waals surface area contributed by atoms with E-state index in [-0.39, 0.29) is 18.6 Å². The first-order valence-corrected chi connectivity index (χ1v) is 5.84. The number of amides is 1. The van der Waals surface area contributed by atoms with E-state index in [9.17, 15) is 4.79 Å². The third-order valence-electron chi connectivity index (χ3n) is 2.64. The maximum atomic E-state index is 11.7. The Balaban J connectivity index is 2.47. The Morgan fingerprint density at radius 1 is 1.47 bits per heavy atom. The van der Waals surface area contributed by atoms with Crippen LogP contribution in [0.15, 0.2) is 12.4 Å². The van der Waals surface area contributed by atoms with Gasteiger partial charge in [0.25, 0.3) is 5.91 Å². The van der Waals surface area contributed by atoms with Gasteiger partial charge in [-0.1, -0.05) is 0 Å². The van der Waals surface area contributed by atoms with E-state index in [4.69, 9.17) is 4.74 Å². The summed E-state index contributed by atoms with van der Waals surface area (Å²) in [4.78, 5) is 13.3. The van der Waals surface area contributed by atoms with Crippen molar-refractivity contribution >= 4 is 5.91 Å². The fraction of sp³-hybridized carbons (Fsp3) is 0.667. The van der Waals surface area contributed by atoms with Crippen LogP contribution < -0.4 is 4.74 Å². The van der Waals surface area contributed by atoms with Crippen LogP contribution in [0.25, 0.3) is 0 Å². The zero-order valence-corrected chi connectivity index (χ0v) is 11.2. The van der Waals surface area contributed by atoms with E-state index < -0.39 is 0 Å². The van der Waals surface area contributed by atoms with E-state index in [1.54, 1.807) is 29.0 Å². The van der Waals surface area contributed by atoms with Gasteiger partial charge < -0.3 is 9.64 Å². The van der Waals surface area contributed by atoms with Gasteiger partial charge in [0.2, 0.25) is 0 Å². The van der Waals surface area contributed by atoms with Crippen LogP contribution in [0.2, 0.25) is 0 Å². The van der Waals surface area contributed by atoms with Crippen LogP contribution in [-0.2, 0) is 4.79 Å². The highest BCUT2D eigenvalue weighted by molar-refractivity contribution is 5.77. The van der Waals surface area contributed by atoms with Gasteiger partial charge in [-0.3, -0.25) is 9.48 Å². The van der Waals surface area contributed by atoms with Crippen LogP contribution >= 0.6 is 0 Å². The van der Waals surface area contributed by atoms with Gasteiger partial charge in [0.1, 0.15) is 0 Å². The minimum absolute atomic E-state index is 0.0303. The topological polar surface area (TPSA) is 47.4 Å². The maximum absolute atomic E-state index is 11.7. The van der Waals surface area contributed by atoms with Gasteiger partial charge in [0.05, 0.1) is 12.4 Å². The molecule has 0 saturated heterocycles. The Morgan fingerprint density at radius 3 is 2.59 bits per heavy atom. The van der Waals surface area contributed by atoms with Crippen molar-refractivity contribution in [2.75, 3.05) is 13.7 Å². The molecule has 0 aliphatic carbocycles. The summed E-state index contributed by atoms with van der Waals surface area (Å²) in [6, 6.07) is 0.478. The molecule has 1 aromatic rings. The third kappa shape index (κ3) is 3.76. The zero-order chi connectivity index (χ0) is 13.0. The van der Waals surface area contributed by atoms with Crippen LogP contribution in [-0.4, -0.2) is 40.3 Å². The van der Waals surface area contributed by atoms with Crippen molar-refractivity contribution in [3.05, 3.63) is 12.4 Å². The first kappa shape index (κ1) is 13.5. The first-order valence-electron chi connectivity index (χ1n) is 5.84. The highest BCUT2D eigenvalue weighted by Crippen LogP contribution is 2.12. The number of nitrogens with zero attached hydrogens (tertiary/aromatic N) is 3. The zero-order valence-electron chi connectivity index (χ0n) is 11.2. The quantitative estimate of drug-likeness (QED) is 0.786. The molecule has 0 aliphatic heterocycles. The van der Waals surface area contributed by atoms with Crippen LogP contribution in [0, 0.1) is 0 Å². The second kappa shape index (κ2) is 5.70. The smallest absolute Gasteiger partial charge is 0.260 e. The molecule has 1 heterocycles. The van der Waals surface area contributed by atoms with E-state index in [0.29, 0.717) is 11.8 Å². The van der Waals surface area contributed by atoms with E-state index in [1.807, 2.05) is 27.7 Å². The molecule has 0 atom stereocenters. The summed E-state index contributed by atoms with van der Waals surface area (Å²) < 4.78 is 7.19. The summed E-state index contributed by atoms with van der Waals surface area (Å²) in [6.45, 7) is 8.06. The molecule has 5 heteroatoms. The summed E-state index contributed by atoms with van der Waals surface area (Å²) in [7, 11) is 1.77. The van der Waals surface area contributed by atoms with Gasteiger partial charge in [-0.25, -0.2) is 0 Å². The molecule has 0 spiro atoms. The number of carbonyl (C=O) groups is 1. The lowest BCUT2D eigenvalue weighted by Gasteiger charge is -2.21. The molecule has 0 unspecified atom stereocenters. The molecule has 0 saturated carbocycles. The Hall–Kier alpha value is -1.52. The standard InChI is InChI=1S/C12H21N3O2/c1-9(2)14(5)12(16)8-17-11-6-13-15(7-11)10(3)4/h6-7,9-10H,8H2,1-5H3. The molecule has 17 heavy (non-hydrogen) atoms. The average molecular weight is 239 g/mol. The first-order chi connectivity index (χ1) is 7.91. The van der Waals surface area contributed by atoms with E-state index in [1.165, 1.54) is 0 Å². The molecule has 1 aromatic heterocycles. The molecule has 0 aliphatic rings. The number of ether oxygens (including phenoxy) is 1. The third-order valence-corrected chi connectivity index (χ3v) is 2.64. The summed E-state index contributed by atoms with van der Waals surface area (Å²) in [5, 5.41) is 4.14. The summed E-state index contributed by atoms with van der Waals surface area (Å²) in [6.07, 6.45) is 3.43. The summed E-state index contributed by atoms with van der Waals surface area (Å²) >= 11 is 0. The Bertz CT molecular complexity index is 372. The van der Waals surface area contributed by atoms with E-state index in [0.717, 1.165) is 0 Å². The van der Waals surface area contributed by atoms with Gasteiger partial charge in [0, 0.05) is 19.1 Å². The highest BCUT2D eigenvalue weighted by Gasteiger charge is 2.13. The Morgan fingerprint density at radius 2 is 2.12 bits per heavy atom. The molecule has 5 nitrogen and oxygen atoms in total. The fourth-order valence-corrected chi connectivity index (χ4v) is 1.21. The molecule has 1 rings (SSSR count). The van der Waals surface area contributed by atoms with Crippen molar-refractivity contribution < 1.29 is 9.53 Å². The van der Waals surface area contributed by atoms with Crippen LogP contribution in [0.1, 0.15) is 33.7 Å². The van der Waals surface area contributed by atoms with Crippen molar-refractivity contribution in [3.8, 4) is 5.75 Å². The van der Waals surface area contributed by atoms with Gasteiger partial charge in [-0.15, -0.1) is 0 Å². The predicted octanol–water partition coefficient (Wildman–Crippen LogP) is 1.71. The molecule has 1 amide bonds. The summed E-state index contributed by atoms with van der Waals surface area (Å²) in [5.74, 6) is 0.599. The average Bonchev–Trinajstić information content (AvgIpc) is 2.73. The molecular weight excluding hydrogens is 218 g/mol. The van der Waals surface area contributed by atoms with E-state index >= 15 is 0 Å². The number of carbonyl (C=O) groups excluding carboxylic acids is 1. The highest BCUT2D eigenvalue weighted by atomic mass is 16.5. The van der Waals surface area contributed by atoms with Crippen LogP contribution in [0.5, 0.6) is 5.75 Å². The molecule has 0 bridgehead atoms. The SMILES string of the molecule is CC(C)N(C)C(=O)COc1cnn(C(C)C)c1. The van der Waals surface area contributed by atoms with Gasteiger partial charge in [-0.2, -0.15) is 5.10 Å². The normalized spacial score (nSPS) is 11.0. The summed E-state index contributed by atoms with van der Waals surface area (Å²) in [5.41, 5.74) is 0. The van der Waals surface area contributed by atoms with Crippen LogP contribution in [0.4, 0.5) is 0 Å². The van der Waals surface area contributed by atoms with Crippen LogP contribution in [0.3, 0.4) is 0 Å². The number of likely N-dealkylation sites (N-methyl/N-ethyl adjacent to an activating group) is 1. The minimum atomic E-state index is -0.0303. The van der Waals surface area contributed by atoms with Gasteiger partial charge in [-0.05, 0) is 27.7 Å². The monoisotopic (exact) mass is 239 g/mol. The number of rotatable bonds is 5. The fourth-order valence-electron chi connectivity index (χ4n) is 1.21. The van der Waals surface area contributed by atoms with Crippen molar-refractivity contribution in [1.82, 2.24) is 14.7 Å². The number of hydrogen-bond donors (Lipinski definition) is 0. The lowest BCUT2D eigenvalue weighted by Crippen LogP contribution is -2.36. The van der Waals surface area contributed by atoms with Crippen molar-refractivity contribution in [2.45, 2.75) is 39.8 Å². The van der Waals surface area contributed by atoms with Crippen molar-refractivity contribution in [2.24, 2.45) is 0 Å². The van der Waals surface area contributed by atoms with E-state index in [2.05, 4.69) is 5.10 Å².